The molecule has 0 saturated carbocycles. The second kappa shape index (κ2) is 3.31. The number of rotatable bonds is 0. The Labute approximate surface area is 94.7 Å². The molecular weight excluding hydrogens is 223 g/mol. The number of fused-ring (bicyclic) bond motifs is 3. The summed E-state index contributed by atoms with van der Waals surface area (Å²) < 4.78 is 18.1. The van der Waals surface area contributed by atoms with E-state index >= 15 is 0 Å². The van der Waals surface area contributed by atoms with Crippen LogP contribution in [0.1, 0.15) is 0 Å². The average Bonchev–Trinajstić information content (AvgIpc) is 2.29. The lowest BCUT2D eigenvalue weighted by Gasteiger charge is -2.02. The highest BCUT2D eigenvalue weighted by Gasteiger charge is 2.08. The van der Waals surface area contributed by atoms with Crippen LogP contribution < -0.4 is 5.63 Å². The van der Waals surface area contributed by atoms with Gasteiger partial charge in [0.2, 0.25) is 0 Å². The summed E-state index contributed by atoms with van der Waals surface area (Å²) in [5, 5.41) is 10.8. The first kappa shape index (κ1) is 9.84. The number of hydrogen-bond acceptors (Lipinski definition) is 3. The number of phenolic OH excluding ortho intramolecular Hbond substituents is 1. The molecule has 0 radical (unpaired) electrons. The van der Waals surface area contributed by atoms with Gasteiger partial charge in [0.25, 0.3) is 0 Å². The topological polar surface area (TPSA) is 50.4 Å². The Morgan fingerprint density at radius 1 is 1.00 bits per heavy atom. The molecule has 3 nitrogen and oxygen atoms in total. The van der Waals surface area contributed by atoms with Crippen molar-refractivity contribution in [2.75, 3.05) is 0 Å². The Kier molecular flexibility index (Phi) is 1.92. The summed E-state index contributed by atoms with van der Waals surface area (Å²) in [4.78, 5) is 11.6. The van der Waals surface area contributed by atoms with Gasteiger partial charge in [-0.2, -0.15) is 0 Å². The Balaban J connectivity index is 2.60. The van der Waals surface area contributed by atoms with Crippen molar-refractivity contribution in [2.24, 2.45) is 0 Å². The van der Waals surface area contributed by atoms with Crippen molar-refractivity contribution in [3.05, 3.63) is 52.6 Å². The summed E-state index contributed by atoms with van der Waals surface area (Å²) >= 11 is 0. The van der Waals surface area contributed by atoms with Crippen molar-refractivity contribution in [3.63, 3.8) is 0 Å². The third kappa shape index (κ3) is 1.45. The molecule has 0 aliphatic rings. The molecule has 0 aliphatic heterocycles. The van der Waals surface area contributed by atoms with Gasteiger partial charge in [-0.25, -0.2) is 9.18 Å². The SMILES string of the molecule is O=c1oc2cc(O)ccc2c2ccc(F)cc12. The maximum Gasteiger partial charge on any atom is 0.344 e. The normalized spacial score (nSPS) is 11.1. The summed E-state index contributed by atoms with van der Waals surface area (Å²) in [5.74, 6) is -0.468. The van der Waals surface area contributed by atoms with E-state index < -0.39 is 11.4 Å². The van der Waals surface area contributed by atoms with E-state index in [1.165, 1.54) is 24.3 Å². The first-order valence-corrected chi connectivity index (χ1v) is 5.00. The predicted molar refractivity (Wildman–Crippen MR) is 61.6 cm³/mol. The molecule has 0 fully saturated rings. The minimum absolute atomic E-state index is 0.0158. The fraction of sp³-hybridized carbons (Fsp3) is 0. The van der Waals surface area contributed by atoms with Gasteiger partial charge in [-0.05, 0) is 24.3 Å². The molecule has 0 spiro atoms. The maximum atomic E-state index is 13.1. The van der Waals surface area contributed by atoms with Crippen LogP contribution in [0.4, 0.5) is 4.39 Å². The highest BCUT2D eigenvalue weighted by molar-refractivity contribution is 6.04. The molecule has 2 aromatic carbocycles. The van der Waals surface area contributed by atoms with Crippen molar-refractivity contribution in [3.8, 4) is 5.75 Å². The van der Waals surface area contributed by atoms with Crippen LogP contribution in [0.25, 0.3) is 21.7 Å². The number of aromatic hydroxyl groups is 1. The van der Waals surface area contributed by atoms with Gasteiger partial charge in [-0.3, -0.25) is 0 Å². The smallest absolute Gasteiger partial charge is 0.344 e. The standard InChI is InChI=1S/C13H7FO3/c14-7-1-3-9-10-4-2-8(15)6-12(10)17-13(16)11(9)5-7/h1-6,15H. The first-order chi connectivity index (χ1) is 8.15. The van der Waals surface area contributed by atoms with E-state index in [0.29, 0.717) is 10.8 Å². The molecule has 17 heavy (non-hydrogen) atoms. The zero-order chi connectivity index (χ0) is 12.0. The van der Waals surface area contributed by atoms with E-state index in [0.717, 1.165) is 6.07 Å². The quantitative estimate of drug-likeness (QED) is 0.477. The Bertz CT molecular complexity index is 790. The van der Waals surface area contributed by atoms with Crippen LogP contribution in [0.3, 0.4) is 0 Å². The van der Waals surface area contributed by atoms with Gasteiger partial charge in [-0.15, -0.1) is 0 Å². The number of hydrogen-bond donors (Lipinski definition) is 1. The molecule has 0 unspecified atom stereocenters. The van der Waals surface area contributed by atoms with Crippen molar-refractivity contribution in [1.82, 2.24) is 0 Å². The van der Waals surface area contributed by atoms with Gasteiger partial charge in [0.15, 0.2) is 0 Å². The monoisotopic (exact) mass is 230 g/mol. The number of benzene rings is 2. The predicted octanol–water partition coefficient (Wildman–Crippen LogP) is 2.79. The Morgan fingerprint density at radius 2 is 1.76 bits per heavy atom. The lowest BCUT2D eigenvalue weighted by molar-refractivity contribution is 0.473. The molecule has 1 heterocycles. The molecule has 1 N–H and O–H groups in total. The van der Waals surface area contributed by atoms with E-state index in [9.17, 15) is 14.3 Å². The molecule has 3 rings (SSSR count). The van der Waals surface area contributed by atoms with Crippen LogP contribution in [0, 0.1) is 5.82 Å². The second-order valence-corrected chi connectivity index (χ2v) is 3.76. The second-order valence-electron chi connectivity index (χ2n) is 3.76. The van der Waals surface area contributed by atoms with Crippen molar-refractivity contribution < 1.29 is 13.9 Å². The van der Waals surface area contributed by atoms with Crippen LogP contribution in [0.15, 0.2) is 45.6 Å². The maximum absolute atomic E-state index is 13.1. The molecule has 0 amide bonds. The van der Waals surface area contributed by atoms with E-state index in [1.807, 2.05) is 0 Å². The fourth-order valence-corrected chi connectivity index (χ4v) is 1.89. The van der Waals surface area contributed by atoms with Gasteiger partial charge in [-0.1, -0.05) is 6.07 Å². The summed E-state index contributed by atoms with van der Waals surface area (Å²) in [6.07, 6.45) is 0. The third-order valence-electron chi connectivity index (χ3n) is 2.66. The van der Waals surface area contributed by atoms with E-state index in [-0.39, 0.29) is 16.7 Å². The molecule has 84 valence electrons. The van der Waals surface area contributed by atoms with E-state index in [4.69, 9.17) is 4.42 Å². The van der Waals surface area contributed by atoms with Crippen LogP contribution in [-0.4, -0.2) is 5.11 Å². The highest BCUT2D eigenvalue weighted by atomic mass is 19.1. The third-order valence-corrected chi connectivity index (χ3v) is 2.66. The zero-order valence-corrected chi connectivity index (χ0v) is 8.61. The van der Waals surface area contributed by atoms with Gasteiger partial charge in [0, 0.05) is 16.8 Å². The minimum Gasteiger partial charge on any atom is -0.508 e. The summed E-state index contributed by atoms with van der Waals surface area (Å²) in [6, 6.07) is 8.45. The summed E-state index contributed by atoms with van der Waals surface area (Å²) in [7, 11) is 0. The largest absolute Gasteiger partial charge is 0.508 e. The molecule has 3 aromatic rings. The van der Waals surface area contributed by atoms with Crippen LogP contribution in [0.2, 0.25) is 0 Å². The lowest BCUT2D eigenvalue weighted by Crippen LogP contribution is -2.00. The molecule has 0 saturated heterocycles. The van der Waals surface area contributed by atoms with Gasteiger partial charge in [0.1, 0.15) is 17.1 Å². The number of phenols is 1. The molecule has 0 bridgehead atoms. The molecule has 4 heteroatoms. The summed E-state index contributed by atoms with van der Waals surface area (Å²) in [6.45, 7) is 0. The Morgan fingerprint density at radius 3 is 2.59 bits per heavy atom. The van der Waals surface area contributed by atoms with Gasteiger partial charge >= 0.3 is 5.63 Å². The van der Waals surface area contributed by atoms with Crippen molar-refractivity contribution in [1.29, 1.82) is 0 Å². The van der Waals surface area contributed by atoms with Crippen LogP contribution in [0.5, 0.6) is 5.75 Å². The molecular formula is C13H7FO3. The molecule has 0 aliphatic carbocycles. The highest BCUT2D eigenvalue weighted by Crippen LogP contribution is 2.25. The fourth-order valence-electron chi connectivity index (χ4n) is 1.89. The average molecular weight is 230 g/mol. The van der Waals surface area contributed by atoms with E-state index in [1.54, 1.807) is 6.07 Å². The molecule has 1 aromatic heterocycles. The van der Waals surface area contributed by atoms with Crippen LogP contribution in [-0.2, 0) is 0 Å². The first-order valence-electron chi connectivity index (χ1n) is 5.00. The zero-order valence-electron chi connectivity index (χ0n) is 8.61. The van der Waals surface area contributed by atoms with E-state index in [2.05, 4.69) is 0 Å². The Hall–Kier alpha value is -2.36. The minimum atomic E-state index is -0.613. The van der Waals surface area contributed by atoms with Crippen molar-refractivity contribution in [2.45, 2.75) is 0 Å². The van der Waals surface area contributed by atoms with Gasteiger partial charge < -0.3 is 9.52 Å². The summed E-state index contributed by atoms with van der Waals surface area (Å²) in [5.41, 5.74) is -0.327. The van der Waals surface area contributed by atoms with Gasteiger partial charge in [0.05, 0.1) is 5.39 Å². The van der Waals surface area contributed by atoms with Crippen molar-refractivity contribution >= 4 is 21.7 Å². The number of halogens is 1. The molecule has 0 atom stereocenters. The van der Waals surface area contributed by atoms with Crippen LogP contribution >= 0.6 is 0 Å². The lowest BCUT2D eigenvalue weighted by atomic mass is 10.1.